The standard InChI is InChI=1S/C7H9F4NO2/c8-6(3-7(9,10)11)1-4(2-13)12-5(6)14/h4,13H,1-3H2,(H,12,14). The van der Waals surface area contributed by atoms with Crippen LogP contribution in [0.15, 0.2) is 0 Å². The molecule has 1 fully saturated rings. The van der Waals surface area contributed by atoms with E-state index in [0.717, 1.165) is 0 Å². The first-order valence-electron chi connectivity index (χ1n) is 3.94. The summed E-state index contributed by atoms with van der Waals surface area (Å²) in [6.45, 7) is -0.560. The molecule has 1 saturated heterocycles. The van der Waals surface area contributed by atoms with Crippen LogP contribution in [-0.4, -0.2) is 35.5 Å². The molecule has 14 heavy (non-hydrogen) atoms. The molecule has 3 nitrogen and oxygen atoms in total. The maximum Gasteiger partial charge on any atom is 0.392 e. The topological polar surface area (TPSA) is 49.3 Å². The molecule has 2 atom stereocenters. The van der Waals surface area contributed by atoms with E-state index in [-0.39, 0.29) is 0 Å². The lowest BCUT2D eigenvalue weighted by atomic mass is 9.97. The fourth-order valence-electron chi connectivity index (χ4n) is 1.43. The summed E-state index contributed by atoms with van der Waals surface area (Å²) in [5.74, 6) is -1.30. The summed E-state index contributed by atoms with van der Waals surface area (Å²) >= 11 is 0. The predicted molar refractivity (Wildman–Crippen MR) is 38.1 cm³/mol. The number of carbonyl (C=O) groups excluding carboxylic acids is 1. The highest BCUT2D eigenvalue weighted by Crippen LogP contribution is 2.36. The van der Waals surface area contributed by atoms with Crippen LogP contribution in [0.5, 0.6) is 0 Å². The van der Waals surface area contributed by atoms with Gasteiger partial charge in [0.1, 0.15) is 0 Å². The minimum atomic E-state index is -4.73. The molecule has 82 valence electrons. The lowest BCUT2D eigenvalue weighted by molar-refractivity contribution is -0.168. The van der Waals surface area contributed by atoms with Gasteiger partial charge in [0.05, 0.1) is 19.1 Å². The van der Waals surface area contributed by atoms with Crippen LogP contribution < -0.4 is 5.32 Å². The van der Waals surface area contributed by atoms with Gasteiger partial charge in [0, 0.05) is 6.42 Å². The van der Waals surface area contributed by atoms with Crippen LogP contribution in [0.1, 0.15) is 12.8 Å². The second-order valence-corrected chi connectivity index (χ2v) is 3.31. The van der Waals surface area contributed by atoms with E-state index in [0.29, 0.717) is 0 Å². The number of hydrogen-bond acceptors (Lipinski definition) is 2. The maximum absolute atomic E-state index is 13.4. The zero-order valence-electron chi connectivity index (χ0n) is 7.07. The van der Waals surface area contributed by atoms with Gasteiger partial charge in [-0.25, -0.2) is 4.39 Å². The molecule has 1 heterocycles. The summed E-state index contributed by atoms with van der Waals surface area (Å²) in [6, 6.07) is -0.921. The van der Waals surface area contributed by atoms with Crippen LogP contribution in [0.25, 0.3) is 0 Å². The Kier molecular flexibility index (Phi) is 2.71. The highest BCUT2D eigenvalue weighted by molar-refractivity contribution is 5.87. The molecule has 2 N–H and O–H groups in total. The van der Waals surface area contributed by atoms with Gasteiger partial charge in [0.15, 0.2) is 5.67 Å². The third-order valence-electron chi connectivity index (χ3n) is 2.01. The molecule has 2 unspecified atom stereocenters. The van der Waals surface area contributed by atoms with Gasteiger partial charge in [-0.15, -0.1) is 0 Å². The third kappa shape index (κ3) is 2.34. The zero-order valence-corrected chi connectivity index (χ0v) is 7.07. The van der Waals surface area contributed by atoms with Crippen molar-refractivity contribution >= 4 is 5.91 Å². The molecular weight excluding hydrogens is 206 g/mol. The number of nitrogens with one attached hydrogen (secondary N) is 1. The monoisotopic (exact) mass is 215 g/mol. The minimum absolute atomic E-state index is 0.560. The Morgan fingerprint density at radius 2 is 2.14 bits per heavy atom. The smallest absolute Gasteiger partial charge is 0.392 e. The quantitative estimate of drug-likeness (QED) is 0.660. The largest absolute Gasteiger partial charge is 0.394 e. The summed E-state index contributed by atoms with van der Waals surface area (Å²) < 4.78 is 49.0. The Morgan fingerprint density at radius 3 is 2.50 bits per heavy atom. The lowest BCUT2D eigenvalue weighted by Gasteiger charge is -2.17. The van der Waals surface area contributed by atoms with Crippen molar-refractivity contribution in [1.29, 1.82) is 0 Å². The van der Waals surface area contributed by atoms with E-state index < -0.39 is 43.2 Å². The molecule has 0 bridgehead atoms. The van der Waals surface area contributed by atoms with Crippen molar-refractivity contribution in [2.75, 3.05) is 6.61 Å². The number of rotatable bonds is 2. The Bertz CT molecular complexity index is 242. The number of aliphatic hydroxyl groups excluding tert-OH is 1. The molecule has 1 amide bonds. The molecule has 1 aliphatic rings. The summed E-state index contributed by atoms with van der Waals surface area (Å²) in [5, 5.41) is 10.5. The average Bonchev–Trinajstić information content (AvgIpc) is 2.24. The highest BCUT2D eigenvalue weighted by Gasteiger charge is 2.53. The Labute approximate surface area is 77.1 Å². The molecule has 1 aliphatic heterocycles. The van der Waals surface area contributed by atoms with Gasteiger partial charge in [-0.1, -0.05) is 0 Å². The van der Waals surface area contributed by atoms with Crippen LogP contribution in [0, 0.1) is 0 Å². The molecule has 0 aliphatic carbocycles. The van der Waals surface area contributed by atoms with E-state index in [1.54, 1.807) is 0 Å². The van der Waals surface area contributed by atoms with Crippen molar-refractivity contribution in [1.82, 2.24) is 5.32 Å². The number of amides is 1. The number of carbonyl (C=O) groups is 1. The summed E-state index contributed by atoms with van der Waals surface area (Å²) in [5.41, 5.74) is -2.92. The highest BCUT2D eigenvalue weighted by atomic mass is 19.4. The molecule has 0 saturated carbocycles. The van der Waals surface area contributed by atoms with E-state index in [4.69, 9.17) is 5.11 Å². The zero-order chi connectivity index (χ0) is 11.0. The predicted octanol–water partition coefficient (Wildman–Crippen LogP) is 0.528. The first-order valence-corrected chi connectivity index (χ1v) is 3.94. The second-order valence-electron chi connectivity index (χ2n) is 3.31. The first-order chi connectivity index (χ1) is 6.27. The van der Waals surface area contributed by atoms with Crippen molar-refractivity contribution in [3.63, 3.8) is 0 Å². The SMILES string of the molecule is O=C1NC(CO)CC1(F)CC(F)(F)F. The van der Waals surface area contributed by atoms with Gasteiger partial charge in [-0.05, 0) is 0 Å². The van der Waals surface area contributed by atoms with Crippen molar-refractivity contribution in [3.05, 3.63) is 0 Å². The molecule has 0 aromatic carbocycles. The number of alkyl halides is 4. The van der Waals surface area contributed by atoms with Gasteiger partial charge in [-0.2, -0.15) is 13.2 Å². The van der Waals surface area contributed by atoms with E-state index in [9.17, 15) is 22.4 Å². The van der Waals surface area contributed by atoms with E-state index in [2.05, 4.69) is 0 Å². The number of halogens is 4. The van der Waals surface area contributed by atoms with Crippen LogP contribution in [0.2, 0.25) is 0 Å². The lowest BCUT2D eigenvalue weighted by Crippen LogP contribution is -2.38. The van der Waals surface area contributed by atoms with Crippen LogP contribution in [0.4, 0.5) is 17.6 Å². The molecule has 1 rings (SSSR count). The molecule has 7 heteroatoms. The van der Waals surface area contributed by atoms with Crippen molar-refractivity contribution in [2.24, 2.45) is 0 Å². The molecule has 0 radical (unpaired) electrons. The van der Waals surface area contributed by atoms with E-state index >= 15 is 0 Å². The van der Waals surface area contributed by atoms with E-state index in [1.807, 2.05) is 5.32 Å². The average molecular weight is 215 g/mol. The molecular formula is C7H9F4NO2. The summed E-state index contributed by atoms with van der Waals surface area (Å²) in [7, 11) is 0. The maximum atomic E-state index is 13.4. The third-order valence-corrected chi connectivity index (χ3v) is 2.01. The fourth-order valence-corrected chi connectivity index (χ4v) is 1.43. The van der Waals surface area contributed by atoms with Crippen LogP contribution >= 0.6 is 0 Å². The Morgan fingerprint density at radius 1 is 1.57 bits per heavy atom. The summed E-state index contributed by atoms with van der Waals surface area (Å²) in [6.07, 6.45) is -7.17. The summed E-state index contributed by atoms with van der Waals surface area (Å²) in [4.78, 5) is 10.8. The van der Waals surface area contributed by atoms with Gasteiger partial charge < -0.3 is 10.4 Å². The first kappa shape index (κ1) is 11.2. The Hall–Kier alpha value is -0.850. The van der Waals surface area contributed by atoms with E-state index in [1.165, 1.54) is 0 Å². The van der Waals surface area contributed by atoms with Gasteiger partial charge in [-0.3, -0.25) is 4.79 Å². The molecule has 0 aromatic rings. The molecule has 0 spiro atoms. The number of aliphatic hydroxyl groups is 1. The van der Waals surface area contributed by atoms with Crippen LogP contribution in [-0.2, 0) is 4.79 Å². The van der Waals surface area contributed by atoms with Gasteiger partial charge in [0.25, 0.3) is 5.91 Å². The number of hydrogen-bond donors (Lipinski definition) is 2. The van der Waals surface area contributed by atoms with Crippen molar-refractivity contribution < 1.29 is 27.5 Å². The fraction of sp³-hybridized carbons (Fsp3) is 0.857. The normalized spacial score (nSPS) is 33.2. The van der Waals surface area contributed by atoms with Gasteiger partial charge in [0.2, 0.25) is 0 Å². The van der Waals surface area contributed by atoms with Gasteiger partial charge >= 0.3 is 6.18 Å². The van der Waals surface area contributed by atoms with Crippen molar-refractivity contribution in [3.8, 4) is 0 Å². The second kappa shape index (κ2) is 3.38. The Balaban J connectivity index is 2.70. The van der Waals surface area contributed by atoms with Crippen molar-refractivity contribution in [2.45, 2.75) is 30.7 Å². The minimum Gasteiger partial charge on any atom is -0.394 e. The molecule has 0 aromatic heterocycles. The van der Waals surface area contributed by atoms with Crippen LogP contribution in [0.3, 0.4) is 0 Å².